The van der Waals surface area contributed by atoms with E-state index in [2.05, 4.69) is 4.89 Å². The van der Waals surface area contributed by atoms with Crippen molar-refractivity contribution in [3.8, 4) is 0 Å². The third kappa shape index (κ3) is 6.75. The molecule has 1 heterocycles. The Hall–Kier alpha value is -0.850. The molecule has 0 aromatic rings. The van der Waals surface area contributed by atoms with E-state index in [1.165, 1.54) is 0 Å². The summed E-state index contributed by atoms with van der Waals surface area (Å²) in [5.74, 6) is 0. The summed E-state index contributed by atoms with van der Waals surface area (Å²) in [5.41, 5.74) is -0.450. The highest BCUT2D eigenvalue weighted by Crippen LogP contribution is 2.17. The van der Waals surface area contributed by atoms with Crippen molar-refractivity contribution in [2.45, 2.75) is 51.7 Å². The number of hydrogen-bond acceptors (Lipinski definition) is 5. The van der Waals surface area contributed by atoms with E-state index in [0.717, 1.165) is 12.8 Å². The van der Waals surface area contributed by atoms with Gasteiger partial charge in [-0.1, -0.05) is 0 Å². The Labute approximate surface area is 114 Å². The van der Waals surface area contributed by atoms with E-state index in [1.54, 1.807) is 4.90 Å². The molecule has 1 saturated heterocycles. The van der Waals surface area contributed by atoms with Crippen molar-refractivity contribution in [3.63, 3.8) is 0 Å². The zero-order valence-electron chi connectivity index (χ0n) is 12.1. The molecule has 0 aromatic heterocycles. The second-order valence-corrected chi connectivity index (χ2v) is 5.72. The zero-order valence-corrected chi connectivity index (χ0v) is 12.1. The van der Waals surface area contributed by atoms with Gasteiger partial charge >= 0.3 is 6.09 Å². The number of likely N-dealkylation sites (tertiary alicyclic amines) is 1. The minimum Gasteiger partial charge on any atom is -0.444 e. The fraction of sp³-hybridized carbons (Fsp3) is 0.923. The highest BCUT2D eigenvalue weighted by molar-refractivity contribution is 5.68. The molecule has 0 bridgehead atoms. The third-order valence-corrected chi connectivity index (χ3v) is 2.83. The monoisotopic (exact) mass is 275 g/mol. The summed E-state index contributed by atoms with van der Waals surface area (Å²) in [7, 11) is 0. The fourth-order valence-corrected chi connectivity index (χ4v) is 1.90. The van der Waals surface area contributed by atoms with Crippen molar-refractivity contribution in [2.24, 2.45) is 0 Å². The van der Waals surface area contributed by atoms with Gasteiger partial charge in [-0.25, -0.2) is 9.68 Å². The Balaban J connectivity index is 2.19. The zero-order chi connectivity index (χ0) is 14.3. The van der Waals surface area contributed by atoms with E-state index in [-0.39, 0.29) is 18.8 Å². The smallest absolute Gasteiger partial charge is 0.410 e. The lowest BCUT2D eigenvalue weighted by molar-refractivity contribution is -0.244. The van der Waals surface area contributed by atoms with Crippen LogP contribution in [0.15, 0.2) is 0 Å². The van der Waals surface area contributed by atoms with Gasteiger partial charge in [0.1, 0.15) is 5.60 Å². The summed E-state index contributed by atoms with van der Waals surface area (Å²) < 4.78 is 11.0. The third-order valence-electron chi connectivity index (χ3n) is 2.83. The van der Waals surface area contributed by atoms with E-state index in [1.807, 2.05) is 20.8 Å². The van der Waals surface area contributed by atoms with Crippen LogP contribution in [-0.2, 0) is 14.4 Å². The van der Waals surface area contributed by atoms with Gasteiger partial charge in [0.25, 0.3) is 0 Å². The summed E-state index contributed by atoms with van der Waals surface area (Å²) in [6.45, 7) is 7.78. The number of piperidine rings is 1. The van der Waals surface area contributed by atoms with Crippen molar-refractivity contribution in [1.29, 1.82) is 0 Å². The molecule has 1 aliphatic rings. The molecule has 1 fully saturated rings. The highest BCUT2D eigenvalue weighted by Gasteiger charge is 2.26. The molecule has 19 heavy (non-hydrogen) atoms. The topological polar surface area (TPSA) is 68.2 Å². The predicted molar refractivity (Wildman–Crippen MR) is 70.0 cm³/mol. The van der Waals surface area contributed by atoms with Crippen molar-refractivity contribution < 1.29 is 24.4 Å². The molecule has 1 aliphatic heterocycles. The normalized spacial score (nSPS) is 17.6. The second kappa shape index (κ2) is 7.67. The van der Waals surface area contributed by atoms with Crippen molar-refractivity contribution in [2.75, 3.05) is 26.3 Å². The molecule has 1 N–H and O–H groups in total. The van der Waals surface area contributed by atoms with Crippen LogP contribution in [0.3, 0.4) is 0 Å². The molecule has 0 saturated carbocycles. The quantitative estimate of drug-likeness (QED) is 0.473. The van der Waals surface area contributed by atoms with E-state index >= 15 is 0 Å². The maximum Gasteiger partial charge on any atom is 0.410 e. The summed E-state index contributed by atoms with van der Waals surface area (Å²) in [6.07, 6.45) is 2.23. The number of ether oxygens (including phenoxy) is 2. The lowest BCUT2D eigenvalue weighted by Gasteiger charge is -2.33. The lowest BCUT2D eigenvalue weighted by Crippen LogP contribution is -2.43. The number of nitrogens with zero attached hydrogens (tertiary/aromatic N) is 1. The van der Waals surface area contributed by atoms with Gasteiger partial charge in [-0.15, -0.1) is 0 Å². The Kier molecular flexibility index (Phi) is 6.54. The van der Waals surface area contributed by atoms with Crippen LogP contribution in [0.4, 0.5) is 4.79 Å². The number of carbonyl (C=O) groups excluding carboxylic acids is 1. The van der Waals surface area contributed by atoms with E-state index in [0.29, 0.717) is 26.1 Å². The standard InChI is InChI=1S/C13H25NO5/c1-13(2,3)19-12(15)14-7-5-11(6-8-14)17-9-4-10-18-16/h11,16H,4-10H2,1-3H3. The molecule has 0 spiro atoms. The van der Waals surface area contributed by atoms with Gasteiger partial charge in [0.15, 0.2) is 0 Å². The van der Waals surface area contributed by atoms with Crippen LogP contribution in [0.2, 0.25) is 0 Å². The maximum absolute atomic E-state index is 11.8. The molecule has 0 atom stereocenters. The molecular formula is C13H25NO5. The van der Waals surface area contributed by atoms with Gasteiger partial charge < -0.3 is 14.4 Å². The lowest BCUT2D eigenvalue weighted by atomic mass is 10.1. The van der Waals surface area contributed by atoms with Gasteiger partial charge in [0, 0.05) is 19.7 Å². The van der Waals surface area contributed by atoms with Crippen molar-refractivity contribution in [1.82, 2.24) is 4.90 Å². The van der Waals surface area contributed by atoms with Gasteiger partial charge in [-0.05, 0) is 40.0 Å². The average molecular weight is 275 g/mol. The molecule has 0 unspecified atom stereocenters. The van der Waals surface area contributed by atoms with Crippen LogP contribution in [0, 0.1) is 0 Å². The average Bonchev–Trinajstić information content (AvgIpc) is 2.33. The molecule has 1 rings (SSSR count). The van der Waals surface area contributed by atoms with Crippen LogP contribution >= 0.6 is 0 Å². The first-order chi connectivity index (χ1) is 8.92. The number of rotatable bonds is 5. The van der Waals surface area contributed by atoms with E-state index in [9.17, 15) is 4.79 Å². The van der Waals surface area contributed by atoms with Crippen molar-refractivity contribution >= 4 is 6.09 Å². The Morgan fingerprint density at radius 1 is 1.26 bits per heavy atom. The number of hydrogen-bond donors (Lipinski definition) is 1. The van der Waals surface area contributed by atoms with E-state index < -0.39 is 5.60 Å². The minimum atomic E-state index is -0.450. The highest BCUT2D eigenvalue weighted by atomic mass is 17.1. The molecule has 112 valence electrons. The Morgan fingerprint density at radius 3 is 2.42 bits per heavy atom. The molecular weight excluding hydrogens is 250 g/mol. The summed E-state index contributed by atoms with van der Waals surface area (Å²) >= 11 is 0. The van der Waals surface area contributed by atoms with Crippen molar-refractivity contribution in [3.05, 3.63) is 0 Å². The second-order valence-electron chi connectivity index (χ2n) is 5.72. The van der Waals surface area contributed by atoms with Gasteiger partial charge in [-0.2, -0.15) is 0 Å². The summed E-state index contributed by atoms with van der Waals surface area (Å²) in [4.78, 5) is 17.5. The first-order valence-electron chi connectivity index (χ1n) is 6.78. The fourth-order valence-electron chi connectivity index (χ4n) is 1.90. The number of amides is 1. The largest absolute Gasteiger partial charge is 0.444 e. The minimum absolute atomic E-state index is 0.178. The molecule has 0 aliphatic carbocycles. The summed E-state index contributed by atoms with van der Waals surface area (Å²) in [6, 6.07) is 0. The Morgan fingerprint density at radius 2 is 1.89 bits per heavy atom. The first kappa shape index (κ1) is 16.2. The van der Waals surface area contributed by atoms with Crippen LogP contribution in [0.1, 0.15) is 40.0 Å². The van der Waals surface area contributed by atoms with Crippen LogP contribution in [-0.4, -0.2) is 54.3 Å². The molecule has 0 aromatic carbocycles. The summed E-state index contributed by atoms with van der Waals surface area (Å²) in [5, 5.41) is 8.18. The molecule has 6 heteroatoms. The molecule has 6 nitrogen and oxygen atoms in total. The maximum atomic E-state index is 11.8. The predicted octanol–water partition coefficient (Wildman–Crippen LogP) is 2.28. The van der Waals surface area contributed by atoms with Crippen LogP contribution < -0.4 is 0 Å². The Bertz CT molecular complexity index is 269. The molecule has 1 amide bonds. The SMILES string of the molecule is CC(C)(C)OC(=O)N1CCC(OCCCOO)CC1. The van der Waals surface area contributed by atoms with Gasteiger partial charge in [-0.3, -0.25) is 5.26 Å². The number of carbonyl (C=O) groups is 1. The van der Waals surface area contributed by atoms with Gasteiger partial charge in [0.05, 0.1) is 12.7 Å². The van der Waals surface area contributed by atoms with Crippen LogP contribution in [0.5, 0.6) is 0 Å². The van der Waals surface area contributed by atoms with E-state index in [4.69, 9.17) is 14.7 Å². The van der Waals surface area contributed by atoms with Crippen LogP contribution in [0.25, 0.3) is 0 Å². The van der Waals surface area contributed by atoms with Gasteiger partial charge in [0.2, 0.25) is 0 Å². The molecule has 0 radical (unpaired) electrons. The first-order valence-corrected chi connectivity index (χ1v) is 6.78.